The smallest absolute Gasteiger partial charge is 0.326 e. The second kappa shape index (κ2) is 6.39. The van der Waals surface area contributed by atoms with E-state index in [1.165, 1.54) is 6.92 Å². The van der Waals surface area contributed by atoms with Crippen LogP contribution in [0.3, 0.4) is 0 Å². The summed E-state index contributed by atoms with van der Waals surface area (Å²) in [6, 6.07) is 6.93. The summed E-state index contributed by atoms with van der Waals surface area (Å²) < 4.78 is 35.6. The minimum Gasteiger partial charge on any atom is -0.326 e. The molecule has 3 nitrogen and oxygen atoms in total. The number of rotatable bonds is 5. The monoisotopic (exact) mass is 260 g/mol. The second-order valence-corrected chi connectivity index (χ2v) is 3.92. The van der Waals surface area contributed by atoms with Gasteiger partial charge in [-0.05, 0) is 17.7 Å². The van der Waals surface area contributed by atoms with Crippen LogP contribution in [-0.4, -0.2) is 18.6 Å². The number of benzene rings is 1. The van der Waals surface area contributed by atoms with Gasteiger partial charge in [0.15, 0.2) is 0 Å². The van der Waals surface area contributed by atoms with Crippen LogP contribution < -0.4 is 10.6 Å². The molecule has 2 N–H and O–H groups in total. The van der Waals surface area contributed by atoms with Crippen molar-refractivity contribution in [1.82, 2.24) is 5.32 Å². The molecule has 0 aliphatic rings. The molecular weight excluding hydrogens is 245 g/mol. The van der Waals surface area contributed by atoms with Gasteiger partial charge >= 0.3 is 6.18 Å². The van der Waals surface area contributed by atoms with E-state index in [9.17, 15) is 18.0 Å². The molecule has 0 atom stereocenters. The van der Waals surface area contributed by atoms with Crippen LogP contribution >= 0.6 is 0 Å². The van der Waals surface area contributed by atoms with E-state index in [4.69, 9.17) is 0 Å². The molecule has 0 heterocycles. The maximum atomic E-state index is 11.9. The third-order valence-corrected chi connectivity index (χ3v) is 2.19. The number of amides is 1. The van der Waals surface area contributed by atoms with E-state index in [0.29, 0.717) is 12.2 Å². The fraction of sp³-hybridized carbons (Fsp3) is 0.417. The fourth-order valence-corrected chi connectivity index (χ4v) is 1.37. The topological polar surface area (TPSA) is 41.1 Å². The first-order chi connectivity index (χ1) is 8.37. The summed E-state index contributed by atoms with van der Waals surface area (Å²) in [4.78, 5) is 10.8. The molecule has 0 aliphatic heterocycles. The molecule has 1 aromatic carbocycles. The van der Waals surface area contributed by atoms with Crippen molar-refractivity contribution in [1.29, 1.82) is 0 Å². The summed E-state index contributed by atoms with van der Waals surface area (Å²) in [5.41, 5.74) is 1.54. The molecule has 0 fully saturated rings. The maximum Gasteiger partial charge on any atom is 0.390 e. The van der Waals surface area contributed by atoms with E-state index >= 15 is 0 Å². The van der Waals surface area contributed by atoms with Crippen LogP contribution in [-0.2, 0) is 11.3 Å². The van der Waals surface area contributed by atoms with Crippen LogP contribution in [0.15, 0.2) is 24.3 Å². The lowest BCUT2D eigenvalue weighted by Gasteiger charge is -2.08. The molecule has 0 bridgehead atoms. The van der Waals surface area contributed by atoms with Gasteiger partial charge < -0.3 is 10.6 Å². The van der Waals surface area contributed by atoms with Crippen LogP contribution in [0.1, 0.15) is 18.9 Å². The number of halogens is 3. The Morgan fingerprint density at radius 2 is 1.83 bits per heavy atom. The average molecular weight is 260 g/mol. The summed E-state index contributed by atoms with van der Waals surface area (Å²) in [7, 11) is 0. The van der Waals surface area contributed by atoms with Crippen molar-refractivity contribution >= 4 is 11.6 Å². The third kappa shape index (κ3) is 6.24. The van der Waals surface area contributed by atoms with Gasteiger partial charge in [0.2, 0.25) is 5.91 Å². The number of hydrogen-bond donors (Lipinski definition) is 2. The van der Waals surface area contributed by atoms with Gasteiger partial charge in [-0.15, -0.1) is 0 Å². The van der Waals surface area contributed by atoms with Crippen LogP contribution in [0.5, 0.6) is 0 Å². The molecule has 100 valence electrons. The summed E-state index contributed by atoms with van der Waals surface area (Å²) in [5, 5.41) is 5.32. The molecular formula is C12H15F3N2O. The Kier molecular flexibility index (Phi) is 5.15. The molecule has 0 saturated heterocycles. The Balaban J connectivity index is 2.33. The maximum absolute atomic E-state index is 11.9. The Morgan fingerprint density at radius 3 is 2.33 bits per heavy atom. The van der Waals surface area contributed by atoms with Crippen molar-refractivity contribution < 1.29 is 18.0 Å². The molecule has 1 rings (SSSR count). The van der Waals surface area contributed by atoms with E-state index in [0.717, 1.165) is 5.56 Å². The lowest BCUT2D eigenvalue weighted by molar-refractivity contribution is -0.133. The van der Waals surface area contributed by atoms with Gasteiger partial charge in [0.1, 0.15) is 0 Å². The van der Waals surface area contributed by atoms with E-state index in [2.05, 4.69) is 10.6 Å². The van der Waals surface area contributed by atoms with Gasteiger partial charge in [-0.2, -0.15) is 13.2 Å². The van der Waals surface area contributed by atoms with E-state index in [-0.39, 0.29) is 12.5 Å². The highest BCUT2D eigenvalue weighted by atomic mass is 19.4. The van der Waals surface area contributed by atoms with Crippen molar-refractivity contribution in [3.63, 3.8) is 0 Å². The molecule has 0 radical (unpaired) electrons. The third-order valence-electron chi connectivity index (χ3n) is 2.19. The summed E-state index contributed by atoms with van der Waals surface area (Å²) in [6.07, 6.45) is -4.96. The van der Waals surface area contributed by atoms with Gasteiger partial charge in [-0.3, -0.25) is 4.79 Å². The highest BCUT2D eigenvalue weighted by molar-refractivity contribution is 5.88. The predicted octanol–water partition coefficient (Wildman–Crippen LogP) is 2.69. The number of anilines is 1. The number of hydrogen-bond acceptors (Lipinski definition) is 2. The minimum absolute atomic E-state index is 0.100. The van der Waals surface area contributed by atoms with Crippen molar-refractivity contribution in [2.75, 3.05) is 11.9 Å². The first-order valence-corrected chi connectivity index (χ1v) is 5.51. The molecule has 0 unspecified atom stereocenters. The first kappa shape index (κ1) is 14.5. The molecule has 0 saturated carbocycles. The number of carbonyl (C=O) groups excluding carboxylic acids is 1. The lowest BCUT2D eigenvalue weighted by Crippen LogP contribution is -2.21. The van der Waals surface area contributed by atoms with Crippen molar-refractivity contribution in [2.45, 2.75) is 26.1 Å². The Labute approximate surface area is 103 Å². The van der Waals surface area contributed by atoms with Crippen LogP contribution in [0, 0.1) is 0 Å². The van der Waals surface area contributed by atoms with Crippen molar-refractivity contribution in [3.8, 4) is 0 Å². The second-order valence-electron chi connectivity index (χ2n) is 3.92. The lowest BCUT2D eigenvalue weighted by atomic mass is 10.2. The summed E-state index contributed by atoms with van der Waals surface area (Å²) in [6.45, 7) is 1.68. The summed E-state index contributed by atoms with van der Waals surface area (Å²) >= 11 is 0. The normalized spacial score (nSPS) is 11.3. The van der Waals surface area contributed by atoms with Gasteiger partial charge in [-0.25, -0.2) is 0 Å². The predicted molar refractivity (Wildman–Crippen MR) is 63.1 cm³/mol. The number of carbonyl (C=O) groups is 1. The molecule has 0 aliphatic carbocycles. The Morgan fingerprint density at radius 1 is 1.22 bits per heavy atom. The Hall–Kier alpha value is -1.56. The fourth-order valence-electron chi connectivity index (χ4n) is 1.37. The molecule has 1 amide bonds. The van der Waals surface area contributed by atoms with Gasteiger partial charge in [0, 0.05) is 25.7 Å². The van der Waals surface area contributed by atoms with Crippen LogP contribution in [0.25, 0.3) is 0 Å². The van der Waals surface area contributed by atoms with E-state index in [1.54, 1.807) is 24.3 Å². The van der Waals surface area contributed by atoms with Gasteiger partial charge in [-0.1, -0.05) is 12.1 Å². The zero-order chi connectivity index (χ0) is 13.6. The van der Waals surface area contributed by atoms with Crippen molar-refractivity contribution in [3.05, 3.63) is 29.8 Å². The Bertz CT molecular complexity index is 387. The van der Waals surface area contributed by atoms with E-state index < -0.39 is 12.6 Å². The van der Waals surface area contributed by atoms with Gasteiger partial charge in [0.05, 0.1) is 6.42 Å². The number of alkyl halides is 3. The molecule has 0 aromatic heterocycles. The highest BCUT2D eigenvalue weighted by Gasteiger charge is 2.25. The quantitative estimate of drug-likeness (QED) is 0.799. The SMILES string of the molecule is CC(=O)Nc1ccc(CNCCC(F)(F)F)cc1. The molecule has 0 spiro atoms. The van der Waals surface area contributed by atoms with Crippen LogP contribution in [0.4, 0.5) is 18.9 Å². The summed E-state index contributed by atoms with van der Waals surface area (Å²) in [5.74, 6) is -0.161. The first-order valence-electron chi connectivity index (χ1n) is 5.51. The van der Waals surface area contributed by atoms with Gasteiger partial charge in [0.25, 0.3) is 0 Å². The standard InChI is InChI=1S/C12H15F3N2O/c1-9(18)17-11-4-2-10(3-5-11)8-16-7-6-12(13,14)15/h2-5,16H,6-8H2,1H3,(H,17,18). The zero-order valence-corrected chi connectivity index (χ0v) is 9.97. The minimum atomic E-state index is -4.12. The highest BCUT2D eigenvalue weighted by Crippen LogP contribution is 2.18. The largest absolute Gasteiger partial charge is 0.390 e. The van der Waals surface area contributed by atoms with Crippen LogP contribution in [0.2, 0.25) is 0 Å². The number of nitrogens with one attached hydrogen (secondary N) is 2. The van der Waals surface area contributed by atoms with E-state index in [1.807, 2.05) is 0 Å². The zero-order valence-electron chi connectivity index (χ0n) is 9.97. The average Bonchev–Trinajstić information content (AvgIpc) is 2.24. The molecule has 6 heteroatoms. The molecule has 18 heavy (non-hydrogen) atoms. The molecule has 1 aromatic rings. The van der Waals surface area contributed by atoms with Crippen molar-refractivity contribution in [2.24, 2.45) is 0 Å².